The van der Waals surface area contributed by atoms with Crippen LogP contribution in [-0.2, 0) is 6.42 Å². The van der Waals surface area contributed by atoms with E-state index in [2.05, 4.69) is 59.4 Å². The first kappa shape index (κ1) is 14.2. The van der Waals surface area contributed by atoms with Crippen LogP contribution in [0.25, 0.3) is 21.7 Å². The van der Waals surface area contributed by atoms with Crippen LogP contribution in [0.3, 0.4) is 0 Å². The minimum Gasteiger partial charge on any atom is -0.244 e. The Morgan fingerprint density at radius 2 is 1.50 bits per heavy atom. The summed E-state index contributed by atoms with van der Waals surface area (Å²) < 4.78 is 0. The summed E-state index contributed by atoms with van der Waals surface area (Å²) in [6.45, 7) is 2.20. The third-order valence-corrected chi connectivity index (χ3v) is 3.67. The number of aryl methyl sites for hydroxylation is 1. The van der Waals surface area contributed by atoms with Gasteiger partial charge >= 0.3 is 0 Å². The van der Waals surface area contributed by atoms with Crippen molar-refractivity contribution in [3.63, 3.8) is 0 Å². The fourth-order valence-corrected chi connectivity index (χ4v) is 2.52. The minimum atomic E-state index is 0.998. The van der Waals surface area contributed by atoms with E-state index < -0.39 is 0 Å². The summed E-state index contributed by atoms with van der Waals surface area (Å²) in [4.78, 5) is 7.97. The number of nitrogens with zero attached hydrogens (tertiary/aromatic N) is 2. The molecule has 108 valence electrons. The van der Waals surface area contributed by atoms with Gasteiger partial charge in [-0.2, -0.15) is 0 Å². The predicted molar refractivity (Wildman–Crippen MR) is 92.9 cm³/mol. The summed E-state index contributed by atoms with van der Waals surface area (Å²) in [6, 6.07) is 22.9. The standard InChI is InChI=1S/C12H12.C8H6N2/c1-2-10-7-5-8-11-6-3-4-9-12(10)11;1-2-4-8-7(3-1)5-9-6-10-8/h3-9H,2H2,1H3;1-6H. The molecule has 4 rings (SSSR count). The van der Waals surface area contributed by atoms with Crippen LogP contribution in [0, 0.1) is 0 Å². The van der Waals surface area contributed by atoms with E-state index in [0.29, 0.717) is 0 Å². The van der Waals surface area contributed by atoms with Crippen molar-refractivity contribution in [1.82, 2.24) is 9.97 Å². The Morgan fingerprint density at radius 3 is 2.32 bits per heavy atom. The highest BCUT2D eigenvalue weighted by Crippen LogP contribution is 2.18. The Bertz CT molecular complexity index is 814. The quantitative estimate of drug-likeness (QED) is 0.490. The largest absolute Gasteiger partial charge is 0.244 e. The Balaban J connectivity index is 0.000000133. The normalized spacial score (nSPS) is 10.2. The van der Waals surface area contributed by atoms with E-state index in [4.69, 9.17) is 0 Å². The van der Waals surface area contributed by atoms with Crippen molar-refractivity contribution in [2.45, 2.75) is 13.3 Å². The van der Waals surface area contributed by atoms with Crippen LogP contribution in [0.2, 0.25) is 0 Å². The van der Waals surface area contributed by atoms with Gasteiger partial charge in [-0.25, -0.2) is 9.97 Å². The second-order valence-corrected chi connectivity index (χ2v) is 5.07. The lowest BCUT2D eigenvalue weighted by atomic mass is 10.0. The predicted octanol–water partition coefficient (Wildman–Crippen LogP) is 5.03. The van der Waals surface area contributed by atoms with Crippen LogP contribution >= 0.6 is 0 Å². The van der Waals surface area contributed by atoms with Crippen molar-refractivity contribution in [1.29, 1.82) is 0 Å². The molecule has 3 aromatic carbocycles. The molecule has 1 heterocycles. The van der Waals surface area contributed by atoms with Crippen LogP contribution in [-0.4, -0.2) is 9.97 Å². The van der Waals surface area contributed by atoms with Crippen molar-refractivity contribution in [2.24, 2.45) is 0 Å². The number of benzene rings is 3. The van der Waals surface area contributed by atoms with Gasteiger partial charge in [0.2, 0.25) is 0 Å². The molecule has 0 aliphatic rings. The Hall–Kier alpha value is -2.74. The van der Waals surface area contributed by atoms with E-state index in [1.807, 2.05) is 30.5 Å². The molecule has 0 unspecified atom stereocenters. The molecule has 0 amide bonds. The summed E-state index contributed by atoms with van der Waals surface area (Å²) in [7, 11) is 0. The lowest BCUT2D eigenvalue weighted by Gasteiger charge is -2.02. The molecule has 0 radical (unpaired) electrons. The van der Waals surface area contributed by atoms with Crippen molar-refractivity contribution in [3.8, 4) is 0 Å². The molecule has 1 aromatic heterocycles. The first-order valence-corrected chi connectivity index (χ1v) is 7.50. The fourth-order valence-electron chi connectivity index (χ4n) is 2.52. The van der Waals surface area contributed by atoms with Crippen molar-refractivity contribution < 1.29 is 0 Å². The van der Waals surface area contributed by atoms with Crippen LogP contribution in [0.1, 0.15) is 12.5 Å². The maximum atomic E-state index is 4.07. The molecule has 0 saturated heterocycles. The van der Waals surface area contributed by atoms with Crippen molar-refractivity contribution in [2.75, 3.05) is 0 Å². The van der Waals surface area contributed by atoms with Gasteiger partial charge < -0.3 is 0 Å². The van der Waals surface area contributed by atoms with Gasteiger partial charge in [-0.1, -0.05) is 67.6 Å². The van der Waals surface area contributed by atoms with Gasteiger partial charge in [-0.15, -0.1) is 0 Å². The zero-order chi connectivity index (χ0) is 15.2. The minimum absolute atomic E-state index is 0.998. The molecule has 0 bridgehead atoms. The Labute approximate surface area is 130 Å². The molecule has 0 N–H and O–H groups in total. The van der Waals surface area contributed by atoms with E-state index in [9.17, 15) is 0 Å². The summed E-state index contributed by atoms with van der Waals surface area (Å²) in [5.74, 6) is 0. The van der Waals surface area contributed by atoms with E-state index in [1.165, 1.54) is 16.3 Å². The van der Waals surface area contributed by atoms with Gasteiger partial charge in [-0.05, 0) is 28.8 Å². The molecule has 0 aliphatic heterocycles. The number of aromatic nitrogens is 2. The highest BCUT2D eigenvalue weighted by atomic mass is 14.8. The van der Waals surface area contributed by atoms with Gasteiger partial charge in [0, 0.05) is 11.6 Å². The third kappa shape index (κ3) is 3.12. The number of rotatable bonds is 1. The highest BCUT2D eigenvalue weighted by Gasteiger charge is 1.95. The lowest BCUT2D eigenvalue weighted by Crippen LogP contribution is -1.81. The number of hydrogen-bond donors (Lipinski definition) is 0. The zero-order valence-electron chi connectivity index (χ0n) is 12.6. The summed E-state index contributed by atoms with van der Waals surface area (Å²) in [5, 5.41) is 3.82. The molecule has 0 saturated carbocycles. The van der Waals surface area contributed by atoms with Crippen LogP contribution in [0.15, 0.2) is 79.3 Å². The molecular weight excluding hydrogens is 268 g/mol. The summed E-state index contributed by atoms with van der Waals surface area (Å²) in [5.41, 5.74) is 2.44. The average molecular weight is 286 g/mol. The molecule has 2 nitrogen and oxygen atoms in total. The highest BCUT2D eigenvalue weighted by molar-refractivity contribution is 5.85. The number of hydrogen-bond acceptors (Lipinski definition) is 2. The molecular formula is C20H18N2. The number of fused-ring (bicyclic) bond motifs is 2. The Kier molecular flexibility index (Phi) is 4.40. The Morgan fingerprint density at radius 1 is 0.773 bits per heavy atom. The second kappa shape index (κ2) is 6.81. The maximum Gasteiger partial charge on any atom is 0.116 e. The zero-order valence-corrected chi connectivity index (χ0v) is 12.6. The van der Waals surface area contributed by atoms with E-state index in [-0.39, 0.29) is 0 Å². The van der Waals surface area contributed by atoms with E-state index in [0.717, 1.165) is 17.3 Å². The third-order valence-electron chi connectivity index (χ3n) is 3.67. The topological polar surface area (TPSA) is 25.8 Å². The first-order chi connectivity index (χ1) is 10.9. The molecule has 0 atom stereocenters. The van der Waals surface area contributed by atoms with Crippen molar-refractivity contribution >= 4 is 21.7 Å². The van der Waals surface area contributed by atoms with Gasteiger partial charge in [0.25, 0.3) is 0 Å². The maximum absolute atomic E-state index is 4.07. The van der Waals surface area contributed by atoms with Gasteiger partial charge in [0.1, 0.15) is 6.33 Å². The smallest absolute Gasteiger partial charge is 0.116 e. The molecule has 2 heteroatoms. The van der Waals surface area contributed by atoms with Gasteiger partial charge in [-0.3, -0.25) is 0 Å². The first-order valence-electron chi connectivity index (χ1n) is 7.50. The number of para-hydroxylation sites is 1. The molecule has 0 fully saturated rings. The van der Waals surface area contributed by atoms with Crippen LogP contribution in [0.5, 0.6) is 0 Å². The fraction of sp³-hybridized carbons (Fsp3) is 0.100. The van der Waals surface area contributed by atoms with Crippen molar-refractivity contribution in [3.05, 3.63) is 84.8 Å². The van der Waals surface area contributed by atoms with E-state index in [1.54, 1.807) is 6.33 Å². The van der Waals surface area contributed by atoms with Crippen LogP contribution in [0.4, 0.5) is 0 Å². The second-order valence-electron chi connectivity index (χ2n) is 5.07. The van der Waals surface area contributed by atoms with Gasteiger partial charge in [0.05, 0.1) is 5.52 Å². The van der Waals surface area contributed by atoms with Gasteiger partial charge in [0.15, 0.2) is 0 Å². The molecule has 22 heavy (non-hydrogen) atoms. The molecule has 0 aliphatic carbocycles. The summed E-state index contributed by atoms with van der Waals surface area (Å²) in [6.07, 6.45) is 4.48. The van der Waals surface area contributed by atoms with E-state index >= 15 is 0 Å². The average Bonchev–Trinajstić information content (AvgIpc) is 2.62. The van der Waals surface area contributed by atoms with Crippen LogP contribution < -0.4 is 0 Å². The molecule has 0 spiro atoms. The summed E-state index contributed by atoms with van der Waals surface area (Å²) >= 11 is 0. The SMILES string of the molecule is CCc1cccc2ccccc12.c1ccc2ncncc2c1. The monoisotopic (exact) mass is 286 g/mol. The molecule has 4 aromatic rings. The lowest BCUT2D eigenvalue weighted by molar-refractivity contribution is 1.16.